The van der Waals surface area contributed by atoms with Crippen LogP contribution in [0.2, 0.25) is 0 Å². The zero-order valence-electron chi connectivity index (χ0n) is 8.67. The lowest BCUT2D eigenvalue weighted by molar-refractivity contribution is 0.133. The van der Waals surface area contributed by atoms with Crippen LogP contribution in [-0.4, -0.2) is 19.3 Å². The third-order valence-corrected chi connectivity index (χ3v) is 2.53. The van der Waals surface area contributed by atoms with E-state index in [4.69, 9.17) is 10.5 Å². The fraction of sp³-hybridized carbons (Fsp3) is 0.455. The molecule has 0 bridgehead atoms. The van der Waals surface area contributed by atoms with Crippen LogP contribution in [0.25, 0.3) is 0 Å². The summed E-state index contributed by atoms with van der Waals surface area (Å²) in [6.07, 6.45) is 0.499. The average Bonchev–Trinajstić information content (AvgIpc) is 2.19. The fourth-order valence-corrected chi connectivity index (χ4v) is 1.63. The Bertz CT molecular complexity index is 319. The Morgan fingerprint density at radius 2 is 2.27 bits per heavy atom. The molecule has 2 nitrogen and oxygen atoms in total. The quantitative estimate of drug-likeness (QED) is 0.896. The van der Waals surface area contributed by atoms with Crippen LogP contribution in [0.4, 0.5) is 4.39 Å². The van der Waals surface area contributed by atoms with E-state index in [1.807, 2.05) is 13.0 Å². The molecule has 0 aliphatic heterocycles. The van der Waals surface area contributed by atoms with Crippen LogP contribution in [0.3, 0.4) is 0 Å². The maximum absolute atomic E-state index is 13.4. The normalized spacial score (nSPS) is 12.8. The zero-order chi connectivity index (χ0) is 11.3. The molecule has 0 aliphatic rings. The Kier molecular flexibility index (Phi) is 5.22. The molecule has 15 heavy (non-hydrogen) atoms. The van der Waals surface area contributed by atoms with E-state index in [1.165, 1.54) is 6.07 Å². The van der Waals surface area contributed by atoms with Crippen molar-refractivity contribution in [2.75, 3.05) is 13.2 Å². The van der Waals surface area contributed by atoms with Crippen molar-refractivity contribution < 1.29 is 9.13 Å². The van der Waals surface area contributed by atoms with E-state index in [-0.39, 0.29) is 11.9 Å². The van der Waals surface area contributed by atoms with Gasteiger partial charge in [0.05, 0.1) is 6.61 Å². The maximum Gasteiger partial charge on any atom is 0.127 e. The van der Waals surface area contributed by atoms with Gasteiger partial charge in [0.15, 0.2) is 0 Å². The van der Waals surface area contributed by atoms with Gasteiger partial charge in [-0.25, -0.2) is 4.39 Å². The molecule has 0 heterocycles. The summed E-state index contributed by atoms with van der Waals surface area (Å²) in [5, 5.41) is 0. The molecule has 0 aliphatic carbocycles. The Morgan fingerprint density at radius 3 is 2.87 bits per heavy atom. The number of benzene rings is 1. The van der Waals surface area contributed by atoms with E-state index in [9.17, 15) is 4.39 Å². The molecule has 0 fully saturated rings. The van der Waals surface area contributed by atoms with Gasteiger partial charge in [0.1, 0.15) is 5.82 Å². The van der Waals surface area contributed by atoms with Crippen molar-refractivity contribution in [3.63, 3.8) is 0 Å². The van der Waals surface area contributed by atoms with Crippen LogP contribution >= 0.6 is 15.9 Å². The van der Waals surface area contributed by atoms with Crippen LogP contribution in [0.1, 0.15) is 12.5 Å². The van der Waals surface area contributed by atoms with E-state index in [0.29, 0.717) is 25.2 Å². The highest BCUT2D eigenvalue weighted by atomic mass is 79.9. The predicted molar refractivity (Wildman–Crippen MR) is 62.3 cm³/mol. The molecule has 0 saturated carbocycles. The summed E-state index contributed by atoms with van der Waals surface area (Å²) in [7, 11) is 0. The standard InChI is InChI=1S/C11H15BrFNO/c1-2-15-7-10(14)5-8-3-4-9(12)6-11(8)13/h3-4,6,10H,2,5,7,14H2,1H3. The largest absolute Gasteiger partial charge is 0.380 e. The van der Waals surface area contributed by atoms with Gasteiger partial charge < -0.3 is 10.5 Å². The second-order valence-corrected chi connectivity index (χ2v) is 4.28. The fourth-order valence-electron chi connectivity index (χ4n) is 1.30. The van der Waals surface area contributed by atoms with Crippen molar-refractivity contribution in [1.82, 2.24) is 0 Å². The average molecular weight is 276 g/mol. The minimum Gasteiger partial charge on any atom is -0.380 e. The van der Waals surface area contributed by atoms with Gasteiger partial charge in [-0.3, -0.25) is 0 Å². The number of halogens is 2. The molecule has 1 rings (SSSR count). The molecule has 0 aromatic heterocycles. The number of rotatable bonds is 5. The van der Waals surface area contributed by atoms with Crippen LogP contribution in [0.5, 0.6) is 0 Å². The van der Waals surface area contributed by atoms with Gasteiger partial charge in [0.25, 0.3) is 0 Å². The molecule has 1 aromatic rings. The topological polar surface area (TPSA) is 35.2 Å². The smallest absolute Gasteiger partial charge is 0.127 e. The number of ether oxygens (including phenoxy) is 1. The van der Waals surface area contributed by atoms with Crippen molar-refractivity contribution >= 4 is 15.9 Å². The SMILES string of the molecule is CCOCC(N)Cc1ccc(Br)cc1F. The van der Waals surface area contributed by atoms with Gasteiger partial charge >= 0.3 is 0 Å². The zero-order valence-corrected chi connectivity index (χ0v) is 10.3. The molecular formula is C11H15BrFNO. The third kappa shape index (κ3) is 4.28. The van der Waals surface area contributed by atoms with Crippen molar-refractivity contribution in [3.05, 3.63) is 34.1 Å². The third-order valence-electron chi connectivity index (χ3n) is 2.03. The summed E-state index contributed by atoms with van der Waals surface area (Å²) in [5.74, 6) is -0.226. The van der Waals surface area contributed by atoms with E-state index in [0.717, 1.165) is 4.47 Å². The van der Waals surface area contributed by atoms with E-state index in [2.05, 4.69) is 15.9 Å². The summed E-state index contributed by atoms with van der Waals surface area (Å²) in [5.41, 5.74) is 6.43. The van der Waals surface area contributed by atoms with Crippen LogP contribution in [0, 0.1) is 5.82 Å². The molecule has 1 aromatic carbocycles. The molecule has 0 spiro atoms. The van der Waals surface area contributed by atoms with Crippen molar-refractivity contribution in [2.45, 2.75) is 19.4 Å². The summed E-state index contributed by atoms with van der Waals surface area (Å²) in [6.45, 7) is 3.01. The van der Waals surface area contributed by atoms with E-state index >= 15 is 0 Å². The van der Waals surface area contributed by atoms with E-state index in [1.54, 1.807) is 6.07 Å². The summed E-state index contributed by atoms with van der Waals surface area (Å²) < 4.78 is 19.3. The van der Waals surface area contributed by atoms with Crippen LogP contribution in [0.15, 0.2) is 22.7 Å². The highest BCUT2D eigenvalue weighted by Gasteiger charge is 2.08. The summed E-state index contributed by atoms with van der Waals surface area (Å²) in [4.78, 5) is 0. The number of hydrogen-bond donors (Lipinski definition) is 1. The van der Waals surface area contributed by atoms with Gasteiger partial charge in [-0.05, 0) is 31.0 Å². The van der Waals surface area contributed by atoms with Crippen LogP contribution in [-0.2, 0) is 11.2 Å². The maximum atomic E-state index is 13.4. The first-order chi connectivity index (χ1) is 7.13. The number of hydrogen-bond acceptors (Lipinski definition) is 2. The molecule has 1 atom stereocenters. The Balaban J connectivity index is 2.56. The first kappa shape index (κ1) is 12.6. The Labute approximate surface area is 97.7 Å². The monoisotopic (exact) mass is 275 g/mol. The summed E-state index contributed by atoms with van der Waals surface area (Å²) in [6, 6.07) is 4.85. The second kappa shape index (κ2) is 6.20. The van der Waals surface area contributed by atoms with Crippen molar-refractivity contribution in [3.8, 4) is 0 Å². The van der Waals surface area contributed by atoms with Crippen molar-refractivity contribution in [2.24, 2.45) is 5.73 Å². The summed E-state index contributed by atoms with van der Waals surface area (Å²) >= 11 is 3.21. The van der Waals surface area contributed by atoms with E-state index < -0.39 is 0 Å². The molecule has 4 heteroatoms. The Hall–Kier alpha value is -0.450. The lowest BCUT2D eigenvalue weighted by Crippen LogP contribution is -2.29. The highest BCUT2D eigenvalue weighted by Crippen LogP contribution is 2.16. The molecule has 84 valence electrons. The molecule has 1 unspecified atom stereocenters. The number of nitrogens with two attached hydrogens (primary N) is 1. The molecule has 0 amide bonds. The van der Waals surface area contributed by atoms with Gasteiger partial charge in [-0.1, -0.05) is 22.0 Å². The minimum absolute atomic E-state index is 0.152. The molecular weight excluding hydrogens is 261 g/mol. The minimum atomic E-state index is -0.226. The molecule has 2 N–H and O–H groups in total. The second-order valence-electron chi connectivity index (χ2n) is 3.36. The first-order valence-electron chi connectivity index (χ1n) is 4.90. The van der Waals surface area contributed by atoms with Gasteiger partial charge in [-0.2, -0.15) is 0 Å². The predicted octanol–water partition coefficient (Wildman–Crippen LogP) is 2.49. The van der Waals surface area contributed by atoms with Gasteiger partial charge in [0.2, 0.25) is 0 Å². The van der Waals surface area contributed by atoms with Crippen LogP contribution < -0.4 is 5.73 Å². The van der Waals surface area contributed by atoms with Crippen molar-refractivity contribution in [1.29, 1.82) is 0 Å². The first-order valence-corrected chi connectivity index (χ1v) is 5.70. The molecule has 0 radical (unpaired) electrons. The highest BCUT2D eigenvalue weighted by molar-refractivity contribution is 9.10. The lowest BCUT2D eigenvalue weighted by Gasteiger charge is -2.12. The lowest BCUT2D eigenvalue weighted by atomic mass is 10.1. The Morgan fingerprint density at radius 1 is 1.53 bits per heavy atom. The van der Waals surface area contributed by atoms with Gasteiger partial charge in [-0.15, -0.1) is 0 Å². The van der Waals surface area contributed by atoms with Gasteiger partial charge in [0, 0.05) is 17.1 Å². The molecule has 0 saturated heterocycles.